The monoisotopic (exact) mass is 481 g/mol. The SMILES string of the molecule is CCCCCCCCCCCCCCOC[C@H](COP(=O)(O)OCCN)OC(=O)CCC. The first-order valence-corrected chi connectivity index (χ1v) is 14.0. The van der Waals surface area contributed by atoms with Crippen LogP contribution in [-0.4, -0.2) is 49.9 Å². The van der Waals surface area contributed by atoms with Crippen LogP contribution in [0.5, 0.6) is 0 Å². The molecule has 0 saturated heterocycles. The van der Waals surface area contributed by atoms with E-state index in [2.05, 4.69) is 6.92 Å². The predicted octanol–water partition coefficient (Wildman–Crippen LogP) is 5.51. The van der Waals surface area contributed by atoms with Crippen LogP contribution in [0.3, 0.4) is 0 Å². The van der Waals surface area contributed by atoms with Crippen molar-refractivity contribution >= 4 is 13.8 Å². The summed E-state index contributed by atoms with van der Waals surface area (Å²) in [5, 5.41) is 0. The van der Waals surface area contributed by atoms with Gasteiger partial charge in [-0.3, -0.25) is 13.8 Å². The van der Waals surface area contributed by atoms with E-state index >= 15 is 0 Å². The molecular weight excluding hydrogens is 433 g/mol. The van der Waals surface area contributed by atoms with Crippen LogP contribution >= 0.6 is 7.82 Å². The molecule has 192 valence electrons. The zero-order valence-corrected chi connectivity index (χ0v) is 21.3. The summed E-state index contributed by atoms with van der Waals surface area (Å²) in [5.41, 5.74) is 5.25. The van der Waals surface area contributed by atoms with Crippen LogP contribution < -0.4 is 5.73 Å². The number of nitrogens with two attached hydrogens (primary N) is 1. The normalized spacial score (nSPS) is 14.2. The van der Waals surface area contributed by atoms with Gasteiger partial charge < -0.3 is 20.1 Å². The number of phosphoric ester groups is 1. The topological polar surface area (TPSA) is 117 Å². The molecule has 2 atom stereocenters. The highest BCUT2D eigenvalue weighted by Gasteiger charge is 2.24. The maximum absolute atomic E-state index is 11.8. The largest absolute Gasteiger partial charge is 0.472 e. The summed E-state index contributed by atoms with van der Waals surface area (Å²) < 4.78 is 32.3. The van der Waals surface area contributed by atoms with Crippen molar-refractivity contribution in [2.75, 3.05) is 33.0 Å². The third-order valence-corrected chi connectivity index (χ3v) is 5.98. The second-order valence-corrected chi connectivity index (χ2v) is 9.67. The van der Waals surface area contributed by atoms with E-state index in [-0.39, 0.29) is 38.8 Å². The summed E-state index contributed by atoms with van der Waals surface area (Å²) >= 11 is 0. The Morgan fingerprint density at radius 3 is 1.91 bits per heavy atom. The Morgan fingerprint density at radius 1 is 0.812 bits per heavy atom. The van der Waals surface area contributed by atoms with Gasteiger partial charge in [-0.05, 0) is 12.8 Å². The van der Waals surface area contributed by atoms with Gasteiger partial charge in [0.2, 0.25) is 0 Å². The summed E-state index contributed by atoms with van der Waals surface area (Å²) in [4.78, 5) is 21.4. The molecule has 8 nitrogen and oxygen atoms in total. The van der Waals surface area contributed by atoms with E-state index in [1.54, 1.807) is 0 Å². The van der Waals surface area contributed by atoms with E-state index in [0.717, 1.165) is 12.8 Å². The average molecular weight is 482 g/mol. The molecule has 0 saturated carbocycles. The average Bonchev–Trinajstić information content (AvgIpc) is 2.76. The first-order valence-electron chi connectivity index (χ1n) is 12.5. The molecule has 0 fully saturated rings. The zero-order chi connectivity index (χ0) is 23.9. The van der Waals surface area contributed by atoms with Crippen molar-refractivity contribution in [2.45, 2.75) is 110 Å². The summed E-state index contributed by atoms with van der Waals surface area (Å²) in [6.07, 6.45) is 15.4. The van der Waals surface area contributed by atoms with E-state index in [4.69, 9.17) is 24.3 Å². The molecule has 0 spiro atoms. The maximum atomic E-state index is 11.8. The molecule has 0 heterocycles. The molecule has 0 aliphatic heterocycles. The van der Waals surface area contributed by atoms with Gasteiger partial charge in [-0.1, -0.05) is 84.5 Å². The highest BCUT2D eigenvalue weighted by molar-refractivity contribution is 7.47. The lowest BCUT2D eigenvalue weighted by molar-refractivity contribution is -0.154. The summed E-state index contributed by atoms with van der Waals surface area (Å²) in [7, 11) is -4.22. The van der Waals surface area contributed by atoms with Crippen LogP contribution in [0.1, 0.15) is 104 Å². The molecule has 0 aliphatic rings. The van der Waals surface area contributed by atoms with Crippen molar-refractivity contribution in [3.63, 3.8) is 0 Å². The molecule has 32 heavy (non-hydrogen) atoms. The highest BCUT2D eigenvalue weighted by Crippen LogP contribution is 2.43. The Balaban J connectivity index is 3.89. The van der Waals surface area contributed by atoms with Crippen LogP contribution in [0.4, 0.5) is 0 Å². The molecule has 0 radical (unpaired) electrons. The van der Waals surface area contributed by atoms with Crippen molar-refractivity contribution in [1.29, 1.82) is 0 Å². The number of ether oxygens (including phenoxy) is 2. The second-order valence-electron chi connectivity index (χ2n) is 8.21. The fourth-order valence-corrected chi connectivity index (χ4v) is 3.97. The number of hydrogen-bond donors (Lipinski definition) is 2. The minimum Gasteiger partial charge on any atom is -0.457 e. The number of rotatable bonds is 24. The number of esters is 1. The van der Waals surface area contributed by atoms with Crippen molar-refractivity contribution in [2.24, 2.45) is 5.73 Å². The summed E-state index contributed by atoms with van der Waals surface area (Å²) in [5.74, 6) is -0.384. The lowest BCUT2D eigenvalue weighted by atomic mass is 10.1. The van der Waals surface area contributed by atoms with E-state index < -0.39 is 13.9 Å². The Bertz CT molecular complexity index is 479. The lowest BCUT2D eigenvalue weighted by Gasteiger charge is -2.19. The summed E-state index contributed by atoms with van der Waals surface area (Å²) in [6, 6.07) is 0. The second kappa shape index (κ2) is 22.3. The number of carbonyl (C=O) groups excluding carboxylic acids is 1. The van der Waals surface area contributed by atoms with Gasteiger partial charge >= 0.3 is 13.8 Å². The molecular formula is C23H48NO7P. The van der Waals surface area contributed by atoms with Crippen molar-refractivity contribution < 1.29 is 32.8 Å². The van der Waals surface area contributed by atoms with Gasteiger partial charge in [0, 0.05) is 19.6 Å². The molecule has 1 unspecified atom stereocenters. The Kier molecular flexibility index (Phi) is 22.0. The van der Waals surface area contributed by atoms with E-state index in [0.29, 0.717) is 13.0 Å². The molecule has 0 rings (SSSR count). The van der Waals surface area contributed by atoms with Crippen molar-refractivity contribution in [3.8, 4) is 0 Å². The molecule has 3 N–H and O–H groups in total. The van der Waals surface area contributed by atoms with Crippen LogP contribution in [-0.2, 0) is 27.9 Å². The molecule has 9 heteroatoms. The fourth-order valence-electron chi connectivity index (χ4n) is 3.21. The molecule has 0 aliphatic carbocycles. The number of hydrogen-bond acceptors (Lipinski definition) is 7. The van der Waals surface area contributed by atoms with Gasteiger partial charge in [0.05, 0.1) is 19.8 Å². The first-order chi connectivity index (χ1) is 15.4. The number of carbonyl (C=O) groups is 1. The van der Waals surface area contributed by atoms with E-state index in [1.807, 2.05) is 6.92 Å². The van der Waals surface area contributed by atoms with Crippen LogP contribution in [0.15, 0.2) is 0 Å². The predicted molar refractivity (Wildman–Crippen MR) is 127 cm³/mol. The Hall–Kier alpha value is -0.500. The number of phosphoric acid groups is 1. The third-order valence-electron chi connectivity index (χ3n) is 4.99. The summed E-state index contributed by atoms with van der Waals surface area (Å²) in [6.45, 7) is 4.53. The zero-order valence-electron chi connectivity index (χ0n) is 20.4. The molecule has 0 aromatic heterocycles. The third kappa shape index (κ3) is 21.4. The molecule has 0 bridgehead atoms. The molecule has 0 amide bonds. The van der Waals surface area contributed by atoms with Crippen molar-refractivity contribution in [1.82, 2.24) is 0 Å². The van der Waals surface area contributed by atoms with Crippen LogP contribution in [0.2, 0.25) is 0 Å². The Labute approximate surface area is 195 Å². The fraction of sp³-hybridized carbons (Fsp3) is 0.957. The smallest absolute Gasteiger partial charge is 0.457 e. The van der Waals surface area contributed by atoms with Crippen molar-refractivity contribution in [3.05, 3.63) is 0 Å². The molecule has 0 aromatic carbocycles. The molecule has 0 aromatic rings. The van der Waals surface area contributed by atoms with Gasteiger partial charge in [0.15, 0.2) is 0 Å². The van der Waals surface area contributed by atoms with Gasteiger partial charge in [-0.25, -0.2) is 4.57 Å². The number of unbranched alkanes of at least 4 members (excludes halogenated alkanes) is 11. The van der Waals surface area contributed by atoms with Crippen LogP contribution in [0, 0.1) is 0 Å². The van der Waals surface area contributed by atoms with Gasteiger partial charge in [-0.2, -0.15) is 0 Å². The quantitative estimate of drug-likeness (QED) is 0.105. The van der Waals surface area contributed by atoms with Gasteiger partial charge in [0.25, 0.3) is 0 Å². The highest BCUT2D eigenvalue weighted by atomic mass is 31.2. The first kappa shape index (κ1) is 31.5. The Morgan fingerprint density at radius 2 is 1.38 bits per heavy atom. The van der Waals surface area contributed by atoms with Crippen LogP contribution in [0.25, 0.3) is 0 Å². The maximum Gasteiger partial charge on any atom is 0.472 e. The minimum absolute atomic E-state index is 0.0937. The van der Waals surface area contributed by atoms with Gasteiger partial charge in [-0.15, -0.1) is 0 Å². The van der Waals surface area contributed by atoms with Gasteiger partial charge in [0.1, 0.15) is 6.10 Å². The lowest BCUT2D eigenvalue weighted by Crippen LogP contribution is -2.28. The van der Waals surface area contributed by atoms with E-state index in [1.165, 1.54) is 64.2 Å². The van der Waals surface area contributed by atoms with E-state index in [9.17, 15) is 14.3 Å². The standard InChI is InChI=1S/C23H48NO7P/c1-3-5-6-7-8-9-10-11-12-13-14-15-18-28-20-22(31-23(25)16-4-2)21-30-32(26,27)29-19-17-24/h22H,3-21,24H2,1-2H3,(H,26,27)/t22-/m1/s1. The minimum atomic E-state index is -4.22.